The van der Waals surface area contributed by atoms with Crippen LogP contribution in [0.5, 0.6) is 0 Å². The molecule has 0 aliphatic rings. The summed E-state index contributed by atoms with van der Waals surface area (Å²) >= 11 is 11.9. The molecular formula is C14H17Cl2N3O. The largest absolute Gasteiger partial charge is 0.339 e. The van der Waals surface area contributed by atoms with Crippen molar-refractivity contribution < 1.29 is 4.52 Å². The first-order chi connectivity index (χ1) is 9.60. The van der Waals surface area contributed by atoms with Crippen LogP contribution in [0.25, 0.3) is 0 Å². The topological polar surface area (TPSA) is 64.9 Å². The highest BCUT2D eigenvalue weighted by atomic mass is 35.5. The van der Waals surface area contributed by atoms with Crippen LogP contribution in [0.4, 0.5) is 0 Å². The van der Waals surface area contributed by atoms with Crippen molar-refractivity contribution in [2.24, 2.45) is 5.73 Å². The van der Waals surface area contributed by atoms with E-state index in [1.165, 1.54) is 0 Å². The van der Waals surface area contributed by atoms with Crippen molar-refractivity contribution in [1.29, 1.82) is 0 Å². The zero-order valence-corrected chi connectivity index (χ0v) is 12.8. The molecular weight excluding hydrogens is 297 g/mol. The van der Waals surface area contributed by atoms with E-state index in [4.69, 9.17) is 33.5 Å². The van der Waals surface area contributed by atoms with Crippen LogP contribution in [0.15, 0.2) is 22.7 Å². The number of benzene rings is 1. The van der Waals surface area contributed by atoms with Crippen molar-refractivity contribution in [2.45, 2.75) is 32.1 Å². The summed E-state index contributed by atoms with van der Waals surface area (Å²) in [6.07, 6.45) is 2.47. The Hall–Kier alpha value is -1.10. The Morgan fingerprint density at radius 2 is 2.10 bits per heavy atom. The highest BCUT2D eigenvalue weighted by Crippen LogP contribution is 2.24. The average molecular weight is 314 g/mol. The fraction of sp³-hybridized carbons (Fsp3) is 0.429. The summed E-state index contributed by atoms with van der Waals surface area (Å²) in [6, 6.07) is 5.49. The standard InChI is InChI=1S/C14H17Cl2N3O/c1-9(3-2-6-17)14-18-13(19-20-14)8-10-4-5-11(15)12(16)7-10/h4-5,7,9H,2-3,6,8,17H2,1H3. The summed E-state index contributed by atoms with van der Waals surface area (Å²) in [7, 11) is 0. The summed E-state index contributed by atoms with van der Waals surface area (Å²) in [6.45, 7) is 2.74. The van der Waals surface area contributed by atoms with Gasteiger partial charge in [0.25, 0.3) is 0 Å². The zero-order chi connectivity index (χ0) is 14.5. The molecule has 0 aliphatic carbocycles. The number of rotatable bonds is 6. The lowest BCUT2D eigenvalue weighted by molar-refractivity contribution is 0.349. The average Bonchev–Trinajstić information content (AvgIpc) is 2.89. The molecule has 0 saturated carbocycles. The summed E-state index contributed by atoms with van der Waals surface area (Å²) < 4.78 is 5.29. The molecule has 1 aromatic heterocycles. The van der Waals surface area contributed by atoms with E-state index in [-0.39, 0.29) is 5.92 Å². The fourth-order valence-electron chi connectivity index (χ4n) is 1.92. The molecule has 0 fully saturated rings. The Kier molecular flexibility index (Phi) is 5.40. The second kappa shape index (κ2) is 7.07. The molecule has 1 unspecified atom stereocenters. The van der Waals surface area contributed by atoms with Crippen LogP contribution >= 0.6 is 23.2 Å². The number of halogens is 2. The van der Waals surface area contributed by atoms with Gasteiger partial charge in [-0.2, -0.15) is 4.98 Å². The molecule has 2 aromatic rings. The van der Waals surface area contributed by atoms with Crippen molar-refractivity contribution in [3.8, 4) is 0 Å². The van der Waals surface area contributed by atoms with Crippen LogP contribution in [-0.2, 0) is 6.42 Å². The van der Waals surface area contributed by atoms with E-state index in [1.54, 1.807) is 6.07 Å². The van der Waals surface area contributed by atoms with Gasteiger partial charge in [0.2, 0.25) is 5.89 Å². The van der Waals surface area contributed by atoms with E-state index in [1.807, 2.05) is 12.1 Å². The van der Waals surface area contributed by atoms with Crippen molar-refractivity contribution in [2.75, 3.05) is 6.54 Å². The molecule has 4 nitrogen and oxygen atoms in total. The molecule has 2 N–H and O–H groups in total. The molecule has 1 atom stereocenters. The minimum Gasteiger partial charge on any atom is -0.339 e. The van der Waals surface area contributed by atoms with E-state index in [9.17, 15) is 0 Å². The van der Waals surface area contributed by atoms with Gasteiger partial charge in [-0.3, -0.25) is 0 Å². The summed E-state index contributed by atoms with van der Waals surface area (Å²) in [4.78, 5) is 4.42. The Labute approximate surface area is 128 Å². The van der Waals surface area contributed by atoms with Gasteiger partial charge in [0.1, 0.15) is 0 Å². The Bertz CT molecular complexity index is 571. The molecule has 6 heteroatoms. The second-order valence-electron chi connectivity index (χ2n) is 4.81. The zero-order valence-electron chi connectivity index (χ0n) is 11.3. The lowest BCUT2D eigenvalue weighted by Gasteiger charge is -2.03. The fourth-order valence-corrected chi connectivity index (χ4v) is 2.24. The van der Waals surface area contributed by atoms with Gasteiger partial charge in [0.05, 0.1) is 10.0 Å². The van der Waals surface area contributed by atoms with Gasteiger partial charge in [-0.15, -0.1) is 0 Å². The normalized spacial score (nSPS) is 12.6. The van der Waals surface area contributed by atoms with Crippen molar-refractivity contribution in [1.82, 2.24) is 10.1 Å². The molecule has 0 spiro atoms. The first-order valence-corrected chi connectivity index (χ1v) is 7.32. The molecule has 0 aliphatic heterocycles. The molecule has 0 bridgehead atoms. The quantitative estimate of drug-likeness (QED) is 0.880. The molecule has 2 rings (SSSR count). The van der Waals surface area contributed by atoms with Crippen molar-refractivity contribution >= 4 is 23.2 Å². The van der Waals surface area contributed by atoms with Crippen LogP contribution in [-0.4, -0.2) is 16.7 Å². The van der Waals surface area contributed by atoms with E-state index < -0.39 is 0 Å². The Balaban J connectivity index is 2.03. The Morgan fingerprint density at radius 3 is 2.80 bits per heavy atom. The predicted octanol–water partition coefficient (Wildman–Crippen LogP) is 3.81. The minimum absolute atomic E-state index is 0.230. The number of aromatic nitrogens is 2. The van der Waals surface area contributed by atoms with Gasteiger partial charge >= 0.3 is 0 Å². The first-order valence-electron chi connectivity index (χ1n) is 6.56. The number of hydrogen-bond donors (Lipinski definition) is 1. The molecule has 1 aromatic carbocycles. The van der Waals surface area contributed by atoms with E-state index >= 15 is 0 Å². The third-order valence-corrected chi connectivity index (χ3v) is 3.83. The van der Waals surface area contributed by atoms with Crippen molar-refractivity contribution in [3.05, 3.63) is 45.5 Å². The molecule has 108 valence electrons. The van der Waals surface area contributed by atoms with Gasteiger partial charge < -0.3 is 10.3 Å². The number of nitrogens with two attached hydrogens (primary N) is 1. The molecule has 0 amide bonds. The molecule has 1 heterocycles. The van der Waals surface area contributed by atoms with Crippen LogP contribution in [0.3, 0.4) is 0 Å². The van der Waals surface area contributed by atoms with Crippen molar-refractivity contribution in [3.63, 3.8) is 0 Å². The van der Waals surface area contributed by atoms with Gasteiger partial charge in [-0.25, -0.2) is 0 Å². The highest BCUT2D eigenvalue weighted by molar-refractivity contribution is 6.42. The maximum atomic E-state index is 5.98. The van der Waals surface area contributed by atoms with Gasteiger partial charge in [-0.05, 0) is 37.1 Å². The van der Waals surface area contributed by atoms with E-state index in [0.29, 0.717) is 34.7 Å². The SMILES string of the molecule is CC(CCCN)c1nc(Cc2ccc(Cl)c(Cl)c2)no1. The van der Waals surface area contributed by atoms with E-state index in [0.717, 1.165) is 18.4 Å². The lowest BCUT2D eigenvalue weighted by Crippen LogP contribution is -2.02. The van der Waals surface area contributed by atoms with Gasteiger partial charge in [-0.1, -0.05) is 41.3 Å². The van der Waals surface area contributed by atoms with Crippen LogP contribution in [0.2, 0.25) is 10.0 Å². The Morgan fingerprint density at radius 1 is 1.30 bits per heavy atom. The summed E-state index contributed by atoms with van der Waals surface area (Å²) in [5.41, 5.74) is 6.50. The second-order valence-corrected chi connectivity index (χ2v) is 5.62. The first kappa shape index (κ1) is 15.3. The van der Waals surface area contributed by atoms with Crippen LogP contribution < -0.4 is 5.73 Å². The lowest BCUT2D eigenvalue weighted by atomic mass is 10.1. The predicted molar refractivity (Wildman–Crippen MR) is 80.3 cm³/mol. The number of nitrogens with zero attached hydrogens (tertiary/aromatic N) is 2. The van der Waals surface area contributed by atoms with Gasteiger partial charge in [0, 0.05) is 12.3 Å². The smallest absolute Gasteiger partial charge is 0.229 e. The third-order valence-electron chi connectivity index (χ3n) is 3.09. The molecule has 0 radical (unpaired) electrons. The maximum Gasteiger partial charge on any atom is 0.229 e. The van der Waals surface area contributed by atoms with Gasteiger partial charge in [0.15, 0.2) is 5.82 Å². The minimum atomic E-state index is 0.230. The monoisotopic (exact) mass is 313 g/mol. The maximum absolute atomic E-state index is 5.98. The third kappa shape index (κ3) is 3.95. The molecule has 20 heavy (non-hydrogen) atoms. The van der Waals surface area contributed by atoms with Crippen LogP contribution in [0.1, 0.15) is 43.0 Å². The summed E-state index contributed by atoms with van der Waals surface area (Å²) in [5, 5.41) is 5.07. The summed E-state index contributed by atoms with van der Waals surface area (Å²) in [5.74, 6) is 1.54. The highest BCUT2D eigenvalue weighted by Gasteiger charge is 2.14. The number of hydrogen-bond acceptors (Lipinski definition) is 4. The van der Waals surface area contributed by atoms with E-state index in [2.05, 4.69) is 17.1 Å². The molecule has 0 saturated heterocycles. The van der Waals surface area contributed by atoms with Crippen LogP contribution in [0, 0.1) is 0 Å².